The van der Waals surface area contributed by atoms with Gasteiger partial charge < -0.3 is 10.1 Å². The number of anilines is 1. The molecule has 0 saturated carbocycles. The zero-order valence-corrected chi connectivity index (χ0v) is 17.4. The second kappa shape index (κ2) is 8.35. The van der Waals surface area contributed by atoms with Crippen LogP contribution in [0, 0.1) is 20.8 Å². The molecule has 31 heavy (non-hydrogen) atoms. The van der Waals surface area contributed by atoms with Crippen molar-refractivity contribution in [1.29, 1.82) is 0 Å². The number of benzene rings is 2. The van der Waals surface area contributed by atoms with Gasteiger partial charge in [-0.05, 0) is 39.0 Å². The molecule has 0 bridgehead atoms. The molecular formula is C23H21N5O3. The summed E-state index contributed by atoms with van der Waals surface area (Å²) in [6, 6.07) is 18.0. The van der Waals surface area contributed by atoms with Crippen LogP contribution in [0.1, 0.15) is 39.2 Å². The third kappa shape index (κ3) is 4.42. The van der Waals surface area contributed by atoms with E-state index >= 15 is 0 Å². The molecule has 1 amide bonds. The van der Waals surface area contributed by atoms with Crippen LogP contribution in [0.15, 0.2) is 60.7 Å². The van der Waals surface area contributed by atoms with Crippen molar-refractivity contribution in [2.24, 2.45) is 0 Å². The SMILES string of the molecule is Cc1ccc(NC(=O)C(OC(=O)c2nc3nc(C)cc(C)n3n2)c2ccccc2)cc1. The molecule has 0 radical (unpaired) electrons. The van der Waals surface area contributed by atoms with Gasteiger partial charge in [-0.3, -0.25) is 4.79 Å². The molecule has 1 unspecified atom stereocenters. The molecule has 4 rings (SSSR count). The first kappa shape index (κ1) is 20.2. The Morgan fingerprint density at radius 1 is 0.968 bits per heavy atom. The summed E-state index contributed by atoms with van der Waals surface area (Å²) in [6.07, 6.45) is -1.17. The van der Waals surface area contributed by atoms with Crippen LogP contribution in [0.4, 0.5) is 5.69 Å². The van der Waals surface area contributed by atoms with E-state index in [1.807, 2.05) is 45.0 Å². The lowest BCUT2D eigenvalue weighted by atomic mass is 10.1. The highest BCUT2D eigenvalue weighted by Gasteiger charge is 2.28. The first-order chi connectivity index (χ1) is 14.9. The van der Waals surface area contributed by atoms with Crippen LogP contribution in [0.25, 0.3) is 5.78 Å². The Balaban J connectivity index is 1.61. The first-order valence-corrected chi connectivity index (χ1v) is 9.75. The second-order valence-corrected chi connectivity index (χ2v) is 7.24. The Bertz CT molecular complexity index is 1250. The maximum Gasteiger partial charge on any atom is 0.379 e. The molecule has 1 N–H and O–H groups in total. The van der Waals surface area contributed by atoms with E-state index in [2.05, 4.69) is 20.4 Å². The van der Waals surface area contributed by atoms with Crippen molar-refractivity contribution >= 4 is 23.3 Å². The van der Waals surface area contributed by atoms with Gasteiger partial charge in [-0.1, -0.05) is 48.0 Å². The number of amides is 1. The number of nitrogens with zero attached hydrogens (tertiary/aromatic N) is 4. The van der Waals surface area contributed by atoms with Crippen LogP contribution in [0.5, 0.6) is 0 Å². The van der Waals surface area contributed by atoms with Crippen molar-refractivity contribution in [2.45, 2.75) is 26.9 Å². The average Bonchev–Trinajstić information content (AvgIpc) is 3.18. The molecule has 4 aromatic rings. The van der Waals surface area contributed by atoms with E-state index in [9.17, 15) is 9.59 Å². The Morgan fingerprint density at radius 2 is 1.68 bits per heavy atom. The van der Waals surface area contributed by atoms with Gasteiger partial charge in [0.25, 0.3) is 17.5 Å². The Labute approximate surface area is 178 Å². The van der Waals surface area contributed by atoms with Crippen LogP contribution < -0.4 is 5.32 Å². The predicted octanol–water partition coefficient (Wildman–Crippen LogP) is 3.59. The van der Waals surface area contributed by atoms with E-state index in [1.54, 1.807) is 36.4 Å². The van der Waals surface area contributed by atoms with Gasteiger partial charge in [0.2, 0.25) is 6.10 Å². The summed E-state index contributed by atoms with van der Waals surface area (Å²) in [5.74, 6) is -1.15. The fourth-order valence-corrected chi connectivity index (χ4v) is 3.16. The number of rotatable bonds is 5. The largest absolute Gasteiger partial charge is 0.441 e. The predicted molar refractivity (Wildman–Crippen MR) is 115 cm³/mol. The Kier molecular flexibility index (Phi) is 5.44. The highest BCUT2D eigenvalue weighted by Crippen LogP contribution is 2.22. The molecule has 0 aliphatic carbocycles. The second-order valence-electron chi connectivity index (χ2n) is 7.24. The lowest BCUT2D eigenvalue weighted by molar-refractivity contribution is -0.125. The molecule has 156 valence electrons. The van der Waals surface area contributed by atoms with Gasteiger partial charge >= 0.3 is 5.97 Å². The molecule has 2 heterocycles. The number of carbonyl (C=O) groups excluding carboxylic acids is 2. The monoisotopic (exact) mass is 415 g/mol. The van der Waals surface area contributed by atoms with Crippen molar-refractivity contribution in [3.05, 3.63) is 89.0 Å². The summed E-state index contributed by atoms with van der Waals surface area (Å²) in [4.78, 5) is 34.3. The standard InChI is InChI=1S/C23H21N5O3/c1-14-9-11-18(12-10-14)25-21(29)19(17-7-5-4-6-8-17)31-22(30)20-26-23-24-15(2)13-16(3)28(23)27-20/h4-13,19H,1-3H3,(H,25,29). The number of carbonyl (C=O) groups is 2. The molecular weight excluding hydrogens is 394 g/mol. The van der Waals surface area contributed by atoms with Gasteiger partial charge in [0, 0.05) is 22.6 Å². The lowest BCUT2D eigenvalue weighted by Crippen LogP contribution is -2.26. The molecule has 8 heteroatoms. The third-order valence-corrected chi connectivity index (χ3v) is 4.69. The molecule has 2 aromatic carbocycles. The van der Waals surface area contributed by atoms with E-state index in [0.29, 0.717) is 17.0 Å². The van der Waals surface area contributed by atoms with Crippen LogP contribution in [-0.4, -0.2) is 31.5 Å². The minimum atomic E-state index is -1.17. The zero-order valence-electron chi connectivity index (χ0n) is 17.4. The number of nitrogens with one attached hydrogen (secondary N) is 1. The van der Waals surface area contributed by atoms with Crippen molar-refractivity contribution in [3.63, 3.8) is 0 Å². The van der Waals surface area contributed by atoms with Crippen molar-refractivity contribution in [1.82, 2.24) is 19.6 Å². The molecule has 0 saturated heterocycles. The molecule has 0 aliphatic heterocycles. The van der Waals surface area contributed by atoms with E-state index in [1.165, 1.54) is 4.52 Å². The number of fused-ring (bicyclic) bond motifs is 1. The van der Waals surface area contributed by atoms with E-state index < -0.39 is 18.0 Å². The van der Waals surface area contributed by atoms with Gasteiger partial charge in [0.05, 0.1) is 0 Å². The Morgan fingerprint density at radius 3 is 2.39 bits per heavy atom. The number of hydrogen-bond acceptors (Lipinski definition) is 6. The highest BCUT2D eigenvalue weighted by molar-refractivity contribution is 5.97. The smallest absolute Gasteiger partial charge is 0.379 e. The normalized spacial score (nSPS) is 11.8. The summed E-state index contributed by atoms with van der Waals surface area (Å²) >= 11 is 0. The van der Waals surface area contributed by atoms with Crippen LogP contribution >= 0.6 is 0 Å². The third-order valence-electron chi connectivity index (χ3n) is 4.69. The molecule has 1 atom stereocenters. The van der Waals surface area contributed by atoms with Crippen LogP contribution in [0.3, 0.4) is 0 Å². The maximum atomic E-state index is 13.0. The summed E-state index contributed by atoms with van der Waals surface area (Å²) in [5.41, 5.74) is 3.76. The number of hydrogen-bond donors (Lipinski definition) is 1. The van der Waals surface area contributed by atoms with Crippen molar-refractivity contribution in [2.75, 3.05) is 5.32 Å². The summed E-state index contributed by atoms with van der Waals surface area (Å²) < 4.78 is 7.03. The highest BCUT2D eigenvalue weighted by atomic mass is 16.5. The summed E-state index contributed by atoms with van der Waals surface area (Å²) in [5, 5.41) is 6.98. The molecule has 0 spiro atoms. The van der Waals surface area contributed by atoms with Gasteiger partial charge in [-0.25, -0.2) is 14.3 Å². The van der Waals surface area contributed by atoms with Crippen molar-refractivity contribution < 1.29 is 14.3 Å². The van der Waals surface area contributed by atoms with Crippen LogP contribution in [0.2, 0.25) is 0 Å². The average molecular weight is 415 g/mol. The Hall–Kier alpha value is -4.07. The molecule has 0 fully saturated rings. The van der Waals surface area contributed by atoms with E-state index in [0.717, 1.165) is 17.0 Å². The first-order valence-electron chi connectivity index (χ1n) is 9.75. The van der Waals surface area contributed by atoms with Crippen molar-refractivity contribution in [3.8, 4) is 0 Å². The van der Waals surface area contributed by atoms with E-state index in [4.69, 9.17) is 4.74 Å². The summed E-state index contributed by atoms with van der Waals surface area (Å²) in [7, 11) is 0. The fourth-order valence-electron chi connectivity index (χ4n) is 3.16. The molecule has 8 nitrogen and oxygen atoms in total. The summed E-state index contributed by atoms with van der Waals surface area (Å²) in [6.45, 7) is 5.63. The van der Waals surface area contributed by atoms with Gasteiger partial charge in [-0.15, -0.1) is 5.10 Å². The maximum absolute atomic E-state index is 13.0. The quantitative estimate of drug-likeness (QED) is 0.500. The van der Waals surface area contributed by atoms with E-state index in [-0.39, 0.29) is 5.82 Å². The molecule has 2 aromatic heterocycles. The molecule has 0 aliphatic rings. The minimum Gasteiger partial charge on any atom is -0.441 e. The number of ether oxygens (including phenoxy) is 1. The van der Waals surface area contributed by atoms with Gasteiger partial charge in [0.15, 0.2) is 0 Å². The zero-order chi connectivity index (χ0) is 22.0. The van der Waals surface area contributed by atoms with Crippen LogP contribution in [-0.2, 0) is 9.53 Å². The topological polar surface area (TPSA) is 98.5 Å². The number of esters is 1. The van der Waals surface area contributed by atoms with Gasteiger partial charge in [-0.2, -0.15) is 4.98 Å². The number of aromatic nitrogens is 4. The minimum absolute atomic E-state index is 0.162. The van der Waals surface area contributed by atoms with Gasteiger partial charge in [0.1, 0.15) is 0 Å². The fraction of sp³-hybridized carbons (Fsp3) is 0.174. The lowest BCUT2D eigenvalue weighted by Gasteiger charge is -2.17. The number of aryl methyl sites for hydroxylation is 3.